The molecule has 1 unspecified atom stereocenters. The van der Waals surface area contributed by atoms with Gasteiger partial charge in [-0.25, -0.2) is 12.8 Å². The Morgan fingerprint density at radius 3 is 2.50 bits per heavy atom. The quantitative estimate of drug-likeness (QED) is 0.714. The minimum absolute atomic E-state index is 0.0542. The third-order valence-corrected chi connectivity index (χ3v) is 9.67. The van der Waals surface area contributed by atoms with Gasteiger partial charge in [-0.1, -0.05) is 42.5 Å². The van der Waals surface area contributed by atoms with Crippen LogP contribution in [0.2, 0.25) is 0 Å². The average molecular weight is 461 g/mol. The molecule has 0 spiro atoms. The first-order valence-electron chi connectivity index (χ1n) is 10.9. The van der Waals surface area contributed by atoms with E-state index in [-0.39, 0.29) is 12.5 Å². The fraction of sp³-hybridized carbons (Fsp3) is 0.458. The minimum Gasteiger partial charge on any atom is -0.381 e. The summed E-state index contributed by atoms with van der Waals surface area (Å²) in [5.74, 6) is -1.01. The second-order valence-corrected chi connectivity index (χ2v) is 11.1. The van der Waals surface area contributed by atoms with E-state index in [4.69, 9.17) is 10.5 Å². The highest BCUT2D eigenvalue weighted by molar-refractivity contribution is 7.92. The van der Waals surface area contributed by atoms with Gasteiger partial charge in [0.15, 0.2) is 9.84 Å². The molecule has 0 bridgehead atoms. The lowest BCUT2D eigenvalue weighted by atomic mass is 9.73. The van der Waals surface area contributed by atoms with Gasteiger partial charge in [0.05, 0.1) is 15.9 Å². The molecule has 6 nitrogen and oxygen atoms in total. The zero-order chi connectivity index (χ0) is 22.9. The van der Waals surface area contributed by atoms with Crippen molar-refractivity contribution in [1.82, 2.24) is 5.32 Å². The first kappa shape index (κ1) is 22.9. The Morgan fingerprint density at radius 1 is 1.19 bits per heavy atom. The van der Waals surface area contributed by atoms with Crippen LogP contribution >= 0.6 is 0 Å². The maximum absolute atomic E-state index is 15.2. The molecule has 0 saturated carbocycles. The van der Waals surface area contributed by atoms with E-state index in [9.17, 15) is 13.2 Å². The van der Waals surface area contributed by atoms with Crippen molar-refractivity contribution in [3.05, 3.63) is 71.0 Å². The summed E-state index contributed by atoms with van der Waals surface area (Å²) in [6.07, 6.45) is 0.855. The van der Waals surface area contributed by atoms with Gasteiger partial charge in [0.1, 0.15) is 5.82 Å². The SMILES string of the molecule is C[C@@H]1NC[C@@H](c2ccccc2)S(=O)(=O)C1Cc1ccc(C2(C(N)=O)CCOCC2)cc1F. The van der Waals surface area contributed by atoms with Gasteiger partial charge in [0.2, 0.25) is 5.91 Å². The predicted molar refractivity (Wildman–Crippen MR) is 120 cm³/mol. The van der Waals surface area contributed by atoms with E-state index in [1.807, 2.05) is 37.3 Å². The number of ether oxygens (including phenoxy) is 1. The average Bonchev–Trinajstić information content (AvgIpc) is 2.78. The summed E-state index contributed by atoms with van der Waals surface area (Å²) in [6, 6.07) is 13.4. The van der Waals surface area contributed by atoms with Crippen LogP contribution in [-0.2, 0) is 31.2 Å². The van der Waals surface area contributed by atoms with Crippen molar-refractivity contribution in [1.29, 1.82) is 0 Å². The van der Waals surface area contributed by atoms with Crippen molar-refractivity contribution in [2.45, 2.75) is 48.1 Å². The van der Waals surface area contributed by atoms with Crippen LogP contribution in [-0.4, -0.2) is 45.4 Å². The molecule has 3 N–H and O–H groups in total. The summed E-state index contributed by atoms with van der Waals surface area (Å²) in [5.41, 5.74) is 6.31. The number of hydrogen-bond donors (Lipinski definition) is 2. The first-order chi connectivity index (χ1) is 15.3. The summed E-state index contributed by atoms with van der Waals surface area (Å²) in [5, 5.41) is 1.84. The Kier molecular flexibility index (Phi) is 6.38. The largest absolute Gasteiger partial charge is 0.381 e. The Morgan fingerprint density at radius 2 is 1.88 bits per heavy atom. The van der Waals surface area contributed by atoms with Crippen LogP contribution in [0.25, 0.3) is 0 Å². The molecule has 0 aromatic heterocycles. The second-order valence-electron chi connectivity index (χ2n) is 8.79. The van der Waals surface area contributed by atoms with Gasteiger partial charge >= 0.3 is 0 Å². The molecule has 8 heteroatoms. The van der Waals surface area contributed by atoms with Crippen LogP contribution in [0.5, 0.6) is 0 Å². The molecule has 32 heavy (non-hydrogen) atoms. The molecule has 2 heterocycles. The van der Waals surface area contributed by atoms with Gasteiger partial charge in [0.25, 0.3) is 0 Å². The Balaban J connectivity index is 1.62. The van der Waals surface area contributed by atoms with E-state index in [0.717, 1.165) is 5.56 Å². The smallest absolute Gasteiger partial charge is 0.228 e. The van der Waals surface area contributed by atoms with Crippen molar-refractivity contribution >= 4 is 15.7 Å². The number of halogens is 1. The van der Waals surface area contributed by atoms with E-state index >= 15 is 4.39 Å². The lowest BCUT2D eigenvalue weighted by Gasteiger charge is -2.36. The van der Waals surface area contributed by atoms with E-state index in [2.05, 4.69) is 5.32 Å². The normalized spacial score (nSPS) is 27.0. The first-order valence-corrected chi connectivity index (χ1v) is 12.5. The summed E-state index contributed by atoms with van der Waals surface area (Å²) >= 11 is 0. The molecular formula is C24H29FN2O4S. The summed E-state index contributed by atoms with van der Waals surface area (Å²) in [6.45, 7) is 2.92. The van der Waals surface area contributed by atoms with Gasteiger partial charge in [-0.2, -0.15) is 0 Å². The van der Waals surface area contributed by atoms with E-state index < -0.39 is 37.5 Å². The molecule has 4 rings (SSSR count). The van der Waals surface area contributed by atoms with Crippen molar-refractivity contribution in [3.8, 4) is 0 Å². The number of carbonyl (C=O) groups excluding carboxylic acids is 1. The van der Waals surface area contributed by atoms with E-state index in [0.29, 0.717) is 43.7 Å². The van der Waals surface area contributed by atoms with Crippen LogP contribution in [0.3, 0.4) is 0 Å². The number of rotatable bonds is 5. The van der Waals surface area contributed by atoms with Crippen LogP contribution in [0.15, 0.2) is 48.5 Å². The monoisotopic (exact) mass is 460 g/mol. The second kappa shape index (κ2) is 8.92. The molecule has 2 saturated heterocycles. The van der Waals surface area contributed by atoms with Crippen LogP contribution in [0.1, 0.15) is 41.7 Å². The number of carbonyl (C=O) groups is 1. The molecule has 2 aromatic carbocycles. The maximum atomic E-state index is 15.2. The summed E-state index contributed by atoms with van der Waals surface area (Å²) in [7, 11) is -3.56. The van der Waals surface area contributed by atoms with Crippen molar-refractivity contribution < 1.29 is 22.3 Å². The lowest BCUT2D eigenvalue weighted by molar-refractivity contribution is -0.127. The highest BCUT2D eigenvalue weighted by Crippen LogP contribution is 2.37. The van der Waals surface area contributed by atoms with Gasteiger partial charge in [-0.3, -0.25) is 4.79 Å². The number of benzene rings is 2. The molecule has 2 aromatic rings. The van der Waals surface area contributed by atoms with Gasteiger partial charge in [-0.15, -0.1) is 0 Å². The molecule has 2 fully saturated rings. The predicted octanol–water partition coefficient (Wildman–Crippen LogP) is 2.42. The zero-order valence-corrected chi connectivity index (χ0v) is 18.9. The van der Waals surface area contributed by atoms with Gasteiger partial charge < -0.3 is 15.8 Å². The Labute approximate surface area is 188 Å². The van der Waals surface area contributed by atoms with Crippen LogP contribution in [0.4, 0.5) is 4.39 Å². The fourth-order valence-corrected chi connectivity index (χ4v) is 7.29. The molecule has 3 atom stereocenters. The fourth-order valence-electron chi connectivity index (χ4n) is 4.93. The lowest BCUT2D eigenvalue weighted by Crippen LogP contribution is -2.53. The third kappa shape index (κ3) is 4.07. The Hall–Kier alpha value is -2.29. The maximum Gasteiger partial charge on any atom is 0.228 e. The van der Waals surface area contributed by atoms with Gasteiger partial charge in [0, 0.05) is 25.8 Å². The Bertz CT molecular complexity index is 1080. The standard InChI is InChI=1S/C24H29FN2O4S/c1-16-21(32(29,30)22(15-27-16)17-5-3-2-4-6-17)13-18-7-8-19(14-20(18)25)24(23(26)28)9-11-31-12-10-24/h2-8,14,16,21-22,27H,9-13,15H2,1H3,(H2,26,28)/t16-,21?,22-/m0/s1. The van der Waals surface area contributed by atoms with Crippen molar-refractivity contribution in [3.63, 3.8) is 0 Å². The van der Waals surface area contributed by atoms with E-state index in [1.54, 1.807) is 12.1 Å². The number of nitrogens with one attached hydrogen (secondary N) is 1. The summed E-state index contributed by atoms with van der Waals surface area (Å²) in [4.78, 5) is 12.2. The minimum atomic E-state index is -3.56. The number of amides is 1. The highest BCUT2D eigenvalue weighted by Gasteiger charge is 2.43. The molecule has 0 aliphatic carbocycles. The van der Waals surface area contributed by atoms with Crippen molar-refractivity contribution in [2.75, 3.05) is 19.8 Å². The summed E-state index contributed by atoms with van der Waals surface area (Å²) < 4.78 is 47.5. The molecule has 2 aliphatic rings. The number of sulfone groups is 1. The third-order valence-electron chi connectivity index (χ3n) is 7.02. The van der Waals surface area contributed by atoms with Crippen molar-refractivity contribution in [2.24, 2.45) is 5.73 Å². The zero-order valence-electron chi connectivity index (χ0n) is 18.1. The van der Waals surface area contributed by atoms with Crippen LogP contribution in [0, 0.1) is 5.82 Å². The molecular weight excluding hydrogens is 431 g/mol. The highest BCUT2D eigenvalue weighted by atomic mass is 32.2. The molecule has 0 radical (unpaired) electrons. The van der Waals surface area contributed by atoms with E-state index in [1.165, 1.54) is 6.07 Å². The molecule has 1 amide bonds. The van der Waals surface area contributed by atoms with Crippen LogP contribution < -0.4 is 11.1 Å². The number of primary amides is 1. The number of nitrogens with two attached hydrogens (primary N) is 1. The topological polar surface area (TPSA) is 98.5 Å². The molecule has 2 aliphatic heterocycles. The number of hydrogen-bond acceptors (Lipinski definition) is 5. The molecule has 172 valence electrons. The van der Waals surface area contributed by atoms with Gasteiger partial charge in [-0.05, 0) is 48.9 Å².